The van der Waals surface area contributed by atoms with Crippen molar-refractivity contribution >= 4 is 11.9 Å². The minimum Gasteiger partial charge on any atom is -0.497 e. The Bertz CT molecular complexity index is 758. The zero-order valence-corrected chi connectivity index (χ0v) is 13.9. The van der Waals surface area contributed by atoms with Gasteiger partial charge < -0.3 is 15.2 Å². The monoisotopic (exact) mass is 328 g/mol. The van der Waals surface area contributed by atoms with Gasteiger partial charge in [0.1, 0.15) is 5.75 Å². The van der Waals surface area contributed by atoms with Gasteiger partial charge in [-0.25, -0.2) is 4.79 Å². The Morgan fingerprint density at radius 3 is 2.58 bits per heavy atom. The summed E-state index contributed by atoms with van der Waals surface area (Å²) in [5, 5.41) is 12.0. The van der Waals surface area contributed by atoms with E-state index in [2.05, 4.69) is 10.3 Å². The molecule has 126 valence electrons. The highest BCUT2D eigenvalue weighted by molar-refractivity contribution is 5.98. The lowest BCUT2D eigenvalue weighted by Gasteiger charge is -2.14. The number of carbonyl (C=O) groups excluding carboxylic acids is 1. The Morgan fingerprint density at radius 2 is 1.96 bits per heavy atom. The summed E-state index contributed by atoms with van der Waals surface area (Å²) >= 11 is 0. The largest absolute Gasteiger partial charge is 0.497 e. The molecule has 0 saturated carbocycles. The molecule has 0 fully saturated rings. The van der Waals surface area contributed by atoms with Crippen LogP contribution in [0.25, 0.3) is 0 Å². The lowest BCUT2D eigenvalue weighted by molar-refractivity contribution is 0.0696. The fraction of sp³-hybridized carbons (Fsp3) is 0.278. The van der Waals surface area contributed by atoms with E-state index in [1.807, 2.05) is 32.0 Å². The van der Waals surface area contributed by atoms with Crippen LogP contribution < -0.4 is 10.1 Å². The zero-order valence-electron chi connectivity index (χ0n) is 13.9. The highest BCUT2D eigenvalue weighted by Gasteiger charge is 2.15. The number of aryl methyl sites for hydroxylation is 1. The van der Waals surface area contributed by atoms with E-state index in [4.69, 9.17) is 9.84 Å². The van der Waals surface area contributed by atoms with Crippen molar-refractivity contribution in [3.63, 3.8) is 0 Å². The average Bonchev–Trinajstić information content (AvgIpc) is 2.54. The molecule has 0 bridgehead atoms. The molecule has 1 aromatic carbocycles. The maximum Gasteiger partial charge on any atom is 0.335 e. The predicted molar refractivity (Wildman–Crippen MR) is 89.6 cm³/mol. The third-order valence-corrected chi connectivity index (χ3v) is 3.49. The van der Waals surface area contributed by atoms with E-state index >= 15 is 0 Å². The number of aromatic nitrogens is 1. The van der Waals surface area contributed by atoms with E-state index in [-0.39, 0.29) is 23.1 Å². The first-order valence-corrected chi connectivity index (χ1v) is 7.55. The molecule has 1 atom stereocenters. The van der Waals surface area contributed by atoms with Crippen molar-refractivity contribution in [2.45, 2.75) is 26.3 Å². The number of carbonyl (C=O) groups is 2. The van der Waals surface area contributed by atoms with E-state index in [9.17, 15) is 9.59 Å². The number of nitrogens with zero attached hydrogens (tertiary/aromatic N) is 1. The second-order valence-corrected chi connectivity index (χ2v) is 5.60. The summed E-state index contributed by atoms with van der Waals surface area (Å²) in [6.45, 7) is 3.79. The van der Waals surface area contributed by atoms with Crippen LogP contribution in [0, 0.1) is 6.92 Å². The predicted octanol–water partition coefficient (Wildman–Crippen LogP) is 2.46. The molecule has 1 heterocycles. The summed E-state index contributed by atoms with van der Waals surface area (Å²) in [6, 6.07) is 9.82. The summed E-state index contributed by atoms with van der Waals surface area (Å²) in [4.78, 5) is 27.9. The normalized spacial score (nSPS) is 11.6. The Kier molecular flexibility index (Phi) is 5.52. The van der Waals surface area contributed by atoms with Crippen molar-refractivity contribution in [1.29, 1.82) is 0 Å². The fourth-order valence-corrected chi connectivity index (χ4v) is 2.36. The van der Waals surface area contributed by atoms with Crippen molar-refractivity contribution < 1.29 is 19.4 Å². The van der Waals surface area contributed by atoms with Gasteiger partial charge in [-0.05, 0) is 44.2 Å². The standard InChI is InChI=1S/C18H20N2O4/c1-11-5-4-6-15(19-11)7-12(2)20-17(21)13-8-14(18(22)23)10-16(9-13)24-3/h4-6,8-10,12H,7H2,1-3H3,(H,20,21)(H,22,23)/t12-/m1/s1. The second-order valence-electron chi connectivity index (χ2n) is 5.60. The summed E-state index contributed by atoms with van der Waals surface area (Å²) < 4.78 is 5.06. The minimum atomic E-state index is -1.11. The SMILES string of the molecule is COc1cc(C(=O)O)cc(C(=O)N[C@H](C)Cc2cccc(C)n2)c1. The highest BCUT2D eigenvalue weighted by Crippen LogP contribution is 2.17. The van der Waals surface area contributed by atoms with Crippen LogP contribution in [0.2, 0.25) is 0 Å². The van der Waals surface area contributed by atoms with Crippen molar-refractivity contribution in [2.24, 2.45) is 0 Å². The number of carboxylic acids is 1. The maximum absolute atomic E-state index is 12.4. The maximum atomic E-state index is 12.4. The average molecular weight is 328 g/mol. The van der Waals surface area contributed by atoms with Crippen LogP contribution in [0.15, 0.2) is 36.4 Å². The minimum absolute atomic E-state index is 0.00695. The van der Waals surface area contributed by atoms with E-state index in [1.165, 1.54) is 25.3 Å². The molecule has 0 radical (unpaired) electrons. The lowest BCUT2D eigenvalue weighted by Crippen LogP contribution is -2.34. The van der Waals surface area contributed by atoms with Crippen LogP contribution in [0.1, 0.15) is 39.0 Å². The van der Waals surface area contributed by atoms with Gasteiger partial charge in [0, 0.05) is 29.4 Å². The molecule has 0 aliphatic carbocycles. The summed E-state index contributed by atoms with van der Waals surface area (Å²) in [7, 11) is 1.43. The molecule has 1 amide bonds. The van der Waals surface area contributed by atoms with Crippen LogP contribution >= 0.6 is 0 Å². The number of aromatic carboxylic acids is 1. The molecule has 0 aliphatic rings. The molecule has 1 aromatic heterocycles. The van der Waals surface area contributed by atoms with Gasteiger partial charge in [-0.3, -0.25) is 9.78 Å². The number of hydrogen-bond donors (Lipinski definition) is 2. The first kappa shape index (κ1) is 17.5. The smallest absolute Gasteiger partial charge is 0.335 e. The van der Waals surface area contributed by atoms with Gasteiger partial charge in [-0.15, -0.1) is 0 Å². The van der Waals surface area contributed by atoms with Gasteiger partial charge in [-0.1, -0.05) is 6.07 Å². The molecule has 0 aliphatic heterocycles. The highest BCUT2D eigenvalue weighted by atomic mass is 16.5. The number of pyridine rings is 1. The van der Waals surface area contributed by atoms with Crippen molar-refractivity contribution in [3.8, 4) is 5.75 Å². The van der Waals surface area contributed by atoms with E-state index in [1.54, 1.807) is 0 Å². The second kappa shape index (κ2) is 7.59. The van der Waals surface area contributed by atoms with Crippen LogP contribution in [0.5, 0.6) is 5.75 Å². The number of nitrogens with one attached hydrogen (secondary N) is 1. The van der Waals surface area contributed by atoms with Gasteiger partial charge in [0.2, 0.25) is 0 Å². The van der Waals surface area contributed by atoms with Crippen LogP contribution in [-0.2, 0) is 6.42 Å². The van der Waals surface area contributed by atoms with Crippen molar-refractivity contribution in [3.05, 3.63) is 58.9 Å². The van der Waals surface area contributed by atoms with Crippen LogP contribution in [0.4, 0.5) is 0 Å². The van der Waals surface area contributed by atoms with Crippen LogP contribution in [-0.4, -0.2) is 35.1 Å². The topological polar surface area (TPSA) is 88.5 Å². The quantitative estimate of drug-likeness (QED) is 0.850. The molecule has 6 heteroatoms. The first-order chi connectivity index (χ1) is 11.4. The molecule has 2 rings (SSSR count). The Labute approximate surface area is 140 Å². The third kappa shape index (κ3) is 4.55. The molecule has 6 nitrogen and oxygen atoms in total. The van der Waals surface area contributed by atoms with Gasteiger partial charge in [0.25, 0.3) is 5.91 Å². The summed E-state index contributed by atoms with van der Waals surface area (Å²) in [5.41, 5.74) is 2.06. The van der Waals surface area contributed by atoms with Crippen molar-refractivity contribution in [2.75, 3.05) is 7.11 Å². The fourth-order valence-electron chi connectivity index (χ4n) is 2.36. The molecule has 24 heavy (non-hydrogen) atoms. The summed E-state index contributed by atoms with van der Waals surface area (Å²) in [6.07, 6.45) is 0.586. The lowest BCUT2D eigenvalue weighted by atomic mass is 10.1. The molecule has 0 unspecified atom stereocenters. The molecule has 2 aromatic rings. The number of hydrogen-bond acceptors (Lipinski definition) is 4. The number of ether oxygens (including phenoxy) is 1. The van der Waals surface area contributed by atoms with Gasteiger partial charge in [0.15, 0.2) is 0 Å². The van der Waals surface area contributed by atoms with Gasteiger partial charge in [-0.2, -0.15) is 0 Å². The summed E-state index contributed by atoms with van der Waals surface area (Å²) in [5.74, 6) is -1.13. The first-order valence-electron chi connectivity index (χ1n) is 7.55. The number of benzene rings is 1. The zero-order chi connectivity index (χ0) is 17.7. The number of rotatable bonds is 6. The molecular formula is C18H20N2O4. The van der Waals surface area contributed by atoms with Crippen LogP contribution in [0.3, 0.4) is 0 Å². The number of amides is 1. The molecule has 2 N–H and O–H groups in total. The Hall–Kier alpha value is -2.89. The van der Waals surface area contributed by atoms with E-state index in [0.717, 1.165) is 11.4 Å². The number of carboxylic acid groups (broad SMARTS) is 1. The Balaban J connectivity index is 2.11. The Morgan fingerprint density at radius 1 is 1.25 bits per heavy atom. The third-order valence-electron chi connectivity index (χ3n) is 3.49. The van der Waals surface area contributed by atoms with E-state index in [0.29, 0.717) is 12.2 Å². The van der Waals surface area contributed by atoms with Gasteiger partial charge in [0.05, 0.1) is 12.7 Å². The molecule has 0 spiro atoms. The van der Waals surface area contributed by atoms with Crippen molar-refractivity contribution in [1.82, 2.24) is 10.3 Å². The molecule has 0 saturated heterocycles. The molecular weight excluding hydrogens is 308 g/mol. The number of methoxy groups -OCH3 is 1. The van der Waals surface area contributed by atoms with E-state index < -0.39 is 5.97 Å². The van der Waals surface area contributed by atoms with Gasteiger partial charge >= 0.3 is 5.97 Å².